The number of carbonyl (C=O) groups is 1. The van der Waals surface area contributed by atoms with Gasteiger partial charge < -0.3 is 10.4 Å². The molecule has 0 spiro atoms. The Morgan fingerprint density at radius 3 is 2.80 bits per heavy atom. The zero-order chi connectivity index (χ0) is 14.4. The smallest absolute Gasteiger partial charge is 0.335 e. The minimum absolute atomic E-state index is 0.353. The number of carboxylic acids is 1. The van der Waals surface area contributed by atoms with Crippen LogP contribution in [0, 0.1) is 5.41 Å². The molecule has 2 N–H and O–H groups in total. The fourth-order valence-corrected chi connectivity index (χ4v) is 3.17. The van der Waals surface area contributed by atoms with Crippen molar-refractivity contribution in [3.05, 3.63) is 48.0 Å². The van der Waals surface area contributed by atoms with Crippen molar-refractivity contribution in [2.75, 3.05) is 6.54 Å². The van der Waals surface area contributed by atoms with E-state index in [2.05, 4.69) is 11.9 Å². The monoisotopic (exact) mass is 273 g/mol. The maximum absolute atomic E-state index is 10.9. The molecule has 1 aliphatic rings. The van der Waals surface area contributed by atoms with Gasteiger partial charge in [-0.1, -0.05) is 31.1 Å². The summed E-state index contributed by atoms with van der Waals surface area (Å²) in [5, 5.41) is 12.5. The van der Waals surface area contributed by atoms with E-state index in [9.17, 15) is 4.79 Å². The van der Waals surface area contributed by atoms with Gasteiger partial charge in [-0.15, -0.1) is 6.58 Å². The van der Waals surface area contributed by atoms with Gasteiger partial charge in [0.2, 0.25) is 0 Å². The zero-order valence-electron chi connectivity index (χ0n) is 11.9. The number of carboxylic acid groups (broad SMARTS) is 1. The maximum atomic E-state index is 10.9. The van der Waals surface area contributed by atoms with Crippen molar-refractivity contribution in [2.45, 2.75) is 38.6 Å². The molecule has 1 fully saturated rings. The van der Waals surface area contributed by atoms with E-state index in [0.717, 1.165) is 25.1 Å². The van der Waals surface area contributed by atoms with E-state index in [1.165, 1.54) is 25.7 Å². The predicted octanol–water partition coefficient (Wildman–Crippen LogP) is 3.61. The first-order valence-electron chi connectivity index (χ1n) is 7.29. The van der Waals surface area contributed by atoms with Gasteiger partial charge in [0.15, 0.2) is 0 Å². The second-order valence-corrected chi connectivity index (χ2v) is 5.81. The minimum Gasteiger partial charge on any atom is -0.478 e. The third-order valence-corrected chi connectivity index (χ3v) is 4.24. The van der Waals surface area contributed by atoms with Crippen LogP contribution in [-0.2, 0) is 6.54 Å². The molecule has 2 rings (SSSR count). The molecule has 0 aromatic heterocycles. The minimum atomic E-state index is -0.870. The molecule has 3 nitrogen and oxygen atoms in total. The van der Waals surface area contributed by atoms with Gasteiger partial charge in [-0.25, -0.2) is 4.79 Å². The van der Waals surface area contributed by atoms with Crippen molar-refractivity contribution >= 4 is 5.97 Å². The number of benzene rings is 1. The lowest BCUT2D eigenvalue weighted by Gasteiger charge is -2.28. The third kappa shape index (κ3) is 3.70. The Hall–Kier alpha value is -1.61. The molecule has 20 heavy (non-hydrogen) atoms. The molecule has 0 unspecified atom stereocenters. The first-order valence-corrected chi connectivity index (χ1v) is 7.29. The van der Waals surface area contributed by atoms with Crippen molar-refractivity contribution < 1.29 is 9.90 Å². The molecule has 0 heterocycles. The molecule has 0 radical (unpaired) electrons. The van der Waals surface area contributed by atoms with Crippen LogP contribution >= 0.6 is 0 Å². The van der Waals surface area contributed by atoms with E-state index >= 15 is 0 Å². The number of hydrogen-bond acceptors (Lipinski definition) is 2. The Morgan fingerprint density at radius 2 is 2.15 bits per heavy atom. The molecule has 1 saturated carbocycles. The largest absolute Gasteiger partial charge is 0.478 e. The number of rotatable bonds is 7. The maximum Gasteiger partial charge on any atom is 0.335 e. The first-order chi connectivity index (χ1) is 9.65. The fraction of sp³-hybridized carbons (Fsp3) is 0.471. The van der Waals surface area contributed by atoms with Gasteiger partial charge in [0.1, 0.15) is 0 Å². The van der Waals surface area contributed by atoms with E-state index in [1.807, 2.05) is 12.1 Å². The summed E-state index contributed by atoms with van der Waals surface area (Å²) in [4.78, 5) is 10.9. The van der Waals surface area contributed by atoms with Crippen molar-refractivity contribution in [1.82, 2.24) is 5.32 Å². The van der Waals surface area contributed by atoms with E-state index in [1.54, 1.807) is 18.2 Å². The third-order valence-electron chi connectivity index (χ3n) is 4.24. The molecule has 0 atom stereocenters. The summed E-state index contributed by atoms with van der Waals surface area (Å²) in [6.07, 6.45) is 8.24. The van der Waals surface area contributed by atoms with Gasteiger partial charge >= 0.3 is 5.97 Å². The lowest BCUT2D eigenvalue weighted by Crippen LogP contribution is -2.31. The number of nitrogens with one attached hydrogen (secondary N) is 1. The van der Waals surface area contributed by atoms with E-state index < -0.39 is 5.97 Å². The average molecular weight is 273 g/mol. The first kappa shape index (κ1) is 14.8. The van der Waals surface area contributed by atoms with Gasteiger partial charge in [-0.3, -0.25) is 0 Å². The van der Waals surface area contributed by atoms with Crippen molar-refractivity contribution in [3.63, 3.8) is 0 Å². The van der Waals surface area contributed by atoms with E-state index in [0.29, 0.717) is 11.0 Å². The molecule has 1 aromatic rings. The highest BCUT2D eigenvalue weighted by Gasteiger charge is 2.31. The van der Waals surface area contributed by atoms with Crippen LogP contribution in [0.15, 0.2) is 36.9 Å². The molecule has 3 heteroatoms. The summed E-state index contributed by atoms with van der Waals surface area (Å²) in [5.41, 5.74) is 1.74. The summed E-state index contributed by atoms with van der Waals surface area (Å²) in [7, 11) is 0. The molecular formula is C17H23NO2. The molecule has 1 aromatic carbocycles. The van der Waals surface area contributed by atoms with Crippen LogP contribution in [0.3, 0.4) is 0 Å². The molecule has 1 aliphatic carbocycles. The molecule has 0 bridgehead atoms. The van der Waals surface area contributed by atoms with Gasteiger partial charge in [-0.05, 0) is 42.4 Å². The van der Waals surface area contributed by atoms with Gasteiger partial charge in [0.05, 0.1) is 5.56 Å². The Labute approximate surface area is 120 Å². The van der Waals surface area contributed by atoms with Crippen LogP contribution in [0.1, 0.15) is 48.0 Å². The summed E-state index contributed by atoms with van der Waals surface area (Å²) < 4.78 is 0. The highest BCUT2D eigenvalue weighted by atomic mass is 16.4. The van der Waals surface area contributed by atoms with Crippen molar-refractivity contribution in [2.24, 2.45) is 5.41 Å². The zero-order valence-corrected chi connectivity index (χ0v) is 11.9. The van der Waals surface area contributed by atoms with Gasteiger partial charge in [0.25, 0.3) is 0 Å². The van der Waals surface area contributed by atoms with Crippen molar-refractivity contribution in [1.29, 1.82) is 0 Å². The van der Waals surface area contributed by atoms with Crippen LogP contribution < -0.4 is 5.32 Å². The van der Waals surface area contributed by atoms with Gasteiger partial charge in [-0.2, -0.15) is 0 Å². The predicted molar refractivity (Wildman–Crippen MR) is 80.8 cm³/mol. The lowest BCUT2D eigenvalue weighted by molar-refractivity contribution is 0.0696. The van der Waals surface area contributed by atoms with E-state index in [4.69, 9.17) is 5.11 Å². The van der Waals surface area contributed by atoms with Crippen LogP contribution in [0.25, 0.3) is 0 Å². The van der Waals surface area contributed by atoms with Gasteiger partial charge in [0, 0.05) is 13.1 Å². The quantitative estimate of drug-likeness (QED) is 0.746. The second-order valence-electron chi connectivity index (χ2n) is 5.81. The Balaban J connectivity index is 1.90. The molecule has 0 aliphatic heterocycles. The highest BCUT2D eigenvalue weighted by molar-refractivity contribution is 5.87. The highest BCUT2D eigenvalue weighted by Crippen LogP contribution is 2.40. The lowest BCUT2D eigenvalue weighted by atomic mass is 9.82. The number of allylic oxidation sites excluding steroid dienone is 1. The van der Waals surface area contributed by atoms with Crippen molar-refractivity contribution in [3.8, 4) is 0 Å². The molecule has 0 saturated heterocycles. The average Bonchev–Trinajstić information content (AvgIpc) is 2.88. The van der Waals surface area contributed by atoms with Crippen LogP contribution in [0.2, 0.25) is 0 Å². The number of aromatic carboxylic acids is 1. The summed E-state index contributed by atoms with van der Waals surface area (Å²) >= 11 is 0. The van der Waals surface area contributed by atoms with Crippen LogP contribution in [0.4, 0.5) is 0 Å². The SMILES string of the molecule is C=CCC1(CNCc2cccc(C(=O)O)c2)CCCC1. The fourth-order valence-electron chi connectivity index (χ4n) is 3.17. The topological polar surface area (TPSA) is 49.3 Å². The van der Waals surface area contributed by atoms with Crippen LogP contribution in [-0.4, -0.2) is 17.6 Å². The Morgan fingerprint density at radius 1 is 1.40 bits per heavy atom. The standard InChI is InChI=1S/C17H23NO2/c1-2-8-17(9-3-4-10-17)13-18-12-14-6-5-7-15(11-14)16(19)20/h2,5-7,11,18H,1,3-4,8-10,12-13H2,(H,19,20). The second kappa shape index (κ2) is 6.71. The normalized spacial score (nSPS) is 17.0. The van der Waals surface area contributed by atoms with E-state index in [-0.39, 0.29) is 0 Å². The molecule has 108 valence electrons. The number of hydrogen-bond donors (Lipinski definition) is 2. The van der Waals surface area contributed by atoms with Crippen LogP contribution in [0.5, 0.6) is 0 Å². The Bertz CT molecular complexity index is 476. The summed E-state index contributed by atoms with van der Waals surface area (Å²) in [6, 6.07) is 7.13. The summed E-state index contributed by atoms with van der Waals surface area (Å²) in [6.45, 7) is 5.58. The molecular weight excluding hydrogens is 250 g/mol. The Kier molecular flexibility index (Phi) is 4.96. The summed E-state index contributed by atoms with van der Waals surface area (Å²) in [5.74, 6) is -0.870. The molecule has 0 amide bonds.